The summed E-state index contributed by atoms with van der Waals surface area (Å²) in [6.07, 6.45) is 0. The minimum Gasteiger partial charge on any atom is -1.00 e. The first-order chi connectivity index (χ1) is 2.27. The third-order valence-corrected chi connectivity index (χ3v) is 0.289. The Morgan fingerprint density at radius 3 is 2.17 bits per heavy atom. The van der Waals surface area contributed by atoms with Crippen LogP contribution in [0.3, 0.4) is 0 Å². The molecule has 0 fully saturated rings. The first kappa shape index (κ1) is 10.6. The Kier molecular flexibility index (Phi) is 11.8. The van der Waals surface area contributed by atoms with Crippen LogP contribution in [0.5, 0.6) is 0 Å². The van der Waals surface area contributed by atoms with Crippen molar-refractivity contribution in [3.05, 3.63) is 0 Å². The van der Waals surface area contributed by atoms with Gasteiger partial charge in [0.25, 0.3) is 0 Å². The zero-order chi connectivity index (χ0) is 4.28. The van der Waals surface area contributed by atoms with E-state index in [0.29, 0.717) is 0 Å². The molecule has 0 aromatic rings. The zero-order valence-electron chi connectivity index (χ0n) is 4.30. The monoisotopic (exact) mass is 135 g/mol. The molecule has 0 radical (unpaired) electrons. The molecule has 3 N–H and O–H groups in total. The second-order valence-electron chi connectivity index (χ2n) is 0.353. The standard InChI is InChI=1S/K.H4N2O2S.H/c;1-2-5(3)4;/h;2H,1H2,(H,3,4);/q+1;;-1/p-1. The minimum atomic E-state index is -2.29. The SMILES string of the molecule is NNS(=O)[O-].[H-].[K+]. The molecule has 0 saturated heterocycles. The van der Waals surface area contributed by atoms with E-state index in [-0.39, 0.29) is 52.8 Å². The molecule has 0 aliphatic rings. The van der Waals surface area contributed by atoms with E-state index in [1.165, 1.54) is 4.83 Å². The van der Waals surface area contributed by atoms with E-state index in [2.05, 4.69) is 5.84 Å². The van der Waals surface area contributed by atoms with Crippen LogP contribution in [-0.4, -0.2) is 8.76 Å². The third kappa shape index (κ3) is 9.18. The molecule has 6 heteroatoms. The van der Waals surface area contributed by atoms with Gasteiger partial charge in [0.1, 0.15) is 0 Å². The number of rotatable bonds is 1. The average molecular weight is 135 g/mol. The molecule has 0 bridgehead atoms. The summed E-state index contributed by atoms with van der Waals surface area (Å²) < 4.78 is 18.3. The second-order valence-corrected chi connectivity index (χ2v) is 1.06. The van der Waals surface area contributed by atoms with Crippen molar-refractivity contribution in [2.45, 2.75) is 0 Å². The molecule has 0 spiro atoms. The number of hydrogen-bond donors (Lipinski definition) is 2. The molecular weight excluding hydrogens is 131 g/mol. The van der Waals surface area contributed by atoms with Gasteiger partial charge in [-0.3, -0.25) is 10.1 Å². The van der Waals surface area contributed by atoms with E-state index in [1.807, 2.05) is 0 Å². The largest absolute Gasteiger partial charge is 1.00 e. The molecule has 0 rings (SSSR count). The quantitative estimate of drug-likeness (QED) is 0.164. The molecule has 0 saturated carbocycles. The maximum atomic E-state index is 9.13. The van der Waals surface area contributed by atoms with Crippen LogP contribution in [0.25, 0.3) is 0 Å². The van der Waals surface area contributed by atoms with Crippen molar-refractivity contribution >= 4 is 11.3 Å². The molecule has 1 unspecified atom stereocenters. The van der Waals surface area contributed by atoms with E-state index < -0.39 is 11.3 Å². The van der Waals surface area contributed by atoms with Gasteiger partial charge in [0.15, 0.2) is 0 Å². The van der Waals surface area contributed by atoms with Gasteiger partial charge >= 0.3 is 51.4 Å². The van der Waals surface area contributed by atoms with Gasteiger partial charge in [0.2, 0.25) is 0 Å². The van der Waals surface area contributed by atoms with Gasteiger partial charge in [0, 0.05) is 11.3 Å². The van der Waals surface area contributed by atoms with Crippen molar-refractivity contribution < 1.29 is 61.6 Å². The van der Waals surface area contributed by atoms with Gasteiger partial charge in [-0.2, -0.15) is 4.83 Å². The molecule has 0 aliphatic heterocycles. The molecule has 1 atom stereocenters. The first-order valence-corrected chi connectivity index (χ1v) is 1.90. The summed E-state index contributed by atoms with van der Waals surface area (Å²) in [5.41, 5.74) is 0. The Hall–Kier alpha value is 1.67. The van der Waals surface area contributed by atoms with Crippen molar-refractivity contribution in [2.75, 3.05) is 0 Å². The Bertz CT molecular complexity index is 51.0. The van der Waals surface area contributed by atoms with Gasteiger partial charge in [-0.1, -0.05) is 0 Å². The predicted molar refractivity (Wildman–Crippen MR) is 17.4 cm³/mol. The number of nitrogens with two attached hydrogens (primary N) is 1. The maximum Gasteiger partial charge on any atom is 1.00 e. The van der Waals surface area contributed by atoms with Gasteiger partial charge in [0.05, 0.1) is 0 Å². The average Bonchev–Trinajstić information content (AvgIpc) is 1.38. The smallest absolute Gasteiger partial charge is 1.00 e. The summed E-state index contributed by atoms with van der Waals surface area (Å²) in [5, 5.41) is 0. The topological polar surface area (TPSA) is 78.2 Å². The molecule has 0 aromatic carbocycles. The van der Waals surface area contributed by atoms with Gasteiger partial charge in [-0.05, 0) is 0 Å². The van der Waals surface area contributed by atoms with E-state index in [4.69, 9.17) is 8.76 Å². The predicted octanol–water partition coefficient (Wildman–Crippen LogP) is -4.64. The third-order valence-electron chi connectivity index (χ3n) is 0.0962. The van der Waals surface area contributed by atoms with E-state index in [1.54, 1.807) is 0 Å². The Morgan fingerprint density at radius 1 is 2.00 bits per heavy atom. The number of nitrogens with one attached hydrogen (secondary N) is 1. The van der Waals surface area contributed by atoms with E-state index in [0.717, 1.165) is 0 Å². The van der Waals surface area contributed by atoms with Crippen LogP contribution in [-0.2, 0) is 11.3 Å². The first-order valence-electron chi connectivity index (χ1n) is 0.826. The molecule has 0 heterocycles. The molecule has 34 valence electrons. The van der Waals surface area contributed by atoms with Gasteiger partial charge < -0.3 is 5.98 Å². The molecule has 0 aromatic heterocycles. The van der Waals surface area contributed by atoms with Crippen LogP contribution >= 0.6 is 0 Å². The summed E-state index contributed by atoms with van der Waals surface area (Å²) in [6.45, 7) is 0. The van der Waals surface area contributed by atoms with Crippen LogP contribution in [0.1, 0.15) is 1.43 Å². The molecule has 0 aliphatic carbocycles. The van der Waals surface area contributed by atoms with Crippen molar-refractivity contribution in [3.8, 4) is 0 Å². The summed E-state index contributed by atoms with van der Waals surface area (Å²) in [7, 11) is 0. The van der Waals surface area contributed by atoms with Crippen LogP contribution in [0.2, 0.25) is 0 Å². The Labute approximate surface area is 82.2 Å². The van der Waals surface area contributed by atoms with Crippen LogP contribution in [0.4, 0.5) is 0 Å². The van der Waals surface area contributed by atoms with E-state index >= 15 is 0 Å². The van der Waals surface area contributed by atoms with Crippen LogP contribution in [0.15, 0.2) is 0 Å². The number of hydrazine groups is 1. The Morgan fingerprint density at radius 2 is 2.17 bits per heavy atom. The van der Waals surface area contributed by atoms with Crippen molar-refractivity contribution in [3.63, 3.8) is 0 Å². The van der Waals surface area contributed by atoms with E-state index in [9.17, 15) is 0 Å². The Balaban J connectivity index is -0.0000000800. The molecular formula is H4KN2O2S-. The van der Waals surface area contributed by atoms with Gasteiger partial charge in [-0.15, -0.1) is 0 Å². The fraction of sp³-hybridized carbons (Fsp3) is 0. The fourth-order valence-corrected chi connectivity index (χ4v) is 0. The molecule has 6 heavy (non-hydrogen) atoms. The number of hydrogen-bond acceptors (Lipinski definition) is 3. The minimum absolute atomic E-state index is 0. The van der Waals surface area contributed by atoms with Crippen LogP contribution < -0.4 is 62.1 Å². The summed E-state index contributed by atoms with van der Waals surface area (Å²) in [6, 6.07) is 0. The second kappa shape index (κ2) is 6.67. The maximum absolute atomic E-state index is 9.13. The van der Waals surface area contributed by atoms with Crippen LogP contribution in [0, 0.1) is 0 Å². The summed E-state index contributed by atoms with van der Waals surface area (Å²) >= 11 is -2.29. The fourth-order valence-electron chi connectivity index (χ4n) is 0. The van der Waals surface area contributed by atoms with Crippen molar-refractivity contribution in [1.82, 2.24) is 4.83 Å². The summed E-state index contributed by atoms with van der Waals surface area (Å²) in [4.78, 5) is 1.44. The summed E-state index contributed by atoms with van der Waals surface area (Å²) in [5.74, 6) is 4.31. The normalized spacial score (nSPS) is 12.3. The van der Waals surface area contributed by atoms with Crippen molar-refractivity contribution in [1.29, 1.82) is 0 Å². The molecule has 0 amide bonds. The zero-order valence-corrected chi connectivity index (χ0v) is 7.24. The molecule has 4 nitrogen and oxygen atoms in total. The van der Waals surface area contributed by atoms with Crippen molar-refractivity contribution in [2.24, 2.45) is 5.84 Å². The van der Waals surface area contributed by atoms with Gasteiger partial charge in [-0.25, -0.2) is 0 Å².